The molecular weight excluding hydrogens is 261 g/mol. The van der Waals surface area contributed by atoms with Crippen molar-refractivity contribution in [3.63, 3.8) is 0 Å². The van der Waals surface area contributed by atoms with Crippen LogP contribution in [0.4, 0.5) is 18.3 Å². The molecule has 1 aromatic heterocycles. The van der Waals surface area contributed by atoms with Crippen molar-refractivity contribution in [2.24, 2.45) is 0 Å². The van der Waals surface area contributed by atoms with Gasteiger partial charge >= 0.3 is 6.18 Å². The highest BCUT2D eigenvalue weighted by Crippen LogP contribution is 2.30. The van der Waals surface area contributed by atoms with Gasteiger partial charge in [0.05, 0.1) is 11.3 Å². The van der Waals surface area contributed by atoms with E-state index in [4.69, 9.17) is 5.73 Å². The van der Waals surface area contributed by atoms with Crippen LogP contribution in [0.1, 0.15) is 21.7 Å². The Hall–Kier alpha value is -1.56. The van der Waals surface area contributed by atoms with Gasteiger partial charge in [-0.05, 0) is 24.6 Å². The molecule has 2 aromatic rings. The number of rotatable bonds is 2. The number of nitrogens with zero attached hydrogens (tertiary/aromatic N) is 1. The van der Waals surface area contributed by atoms with E-state index in [-0.39, 0.29) is 0 Å². The number of thiazole rings is 1. The topological polar surface area (TPSA) is 38.9 Å². The Bertz CT molecular complexity index is 543. The lowest BCUT2D eigenvalue weighted by Crippen LogP contribution is -2.04. The van der Waals surface area contributed by atoms with E-state index in [0.29, 0.717) is 11.6 Å². The molecule has 1 heterocycles. The van der Waals surface area contributed by atoms with Gasteiger partial charge in [0.2, 0.25) is 0 Å². The molecule has 2 nitrogen and oxygen atoms in total. The zero-order valence-corrected chi connectivity index (χ0v) is 10.4. The molecule has 0 aliphatic heterocycles. The number of nitrogen functional groups attached to an aromatic ring is 1. The summed E-state index contributed by atoms with van der Waals surface area (Å²) in [7, 11) is 0. The maximum absolute atomic E-state index is 12.4. The molecule has 6 heteroatoms. The van der Waals surface area contributed by atoms with Crippen molar-refractivity contribution in [2.45, 2.75) is 19.5 Å². The van der Waals surface area contributed by atoms with Crippen molar-refractivity contribution < 1.29 is 13.2 Å². The standard InChI is InChI=1S/C12H11F3N2S/c1-7-10(18-11(16)17-7)6-8-2-4-9(5-3-8)12(13,14)15/h2-5H,6H2,1H3,(H2,16,17). The number of hydrogen-bond donors (Lipinski definition) is 1. The minimum Gasteiger partial charge on any atom is -0.375 e. The molecule has 96 valence electrons. The highest BCUT2D eigenvalue weighted by molar-refractivity contribution is 7.15. The molecule has 0 saturated carbocycles. The molecule has 0 spiro atoms. The molecule has 0 aliphatic rings. The minimum atomic E-state index is -4.29. The molecule has 1 aromatic carbocycles. The number of nitrogens with two attached hydrogens (primary N) is 1. The lowest BCUT2D eigenvalue weighted by molar-refractivity contribution is -0.137. The third-order valence-corrected chi connectivity index (χ3v) is 3.54. The Morgan fingerprint density at radius 1 is 1.22 bits per heavy atom. The highest BCUT2D eigenvalue weighted by Gasteiger charge is 2.29. The van der Waals surface area contributed by atoms with Crippen LogP contribution in [0, 0.1) is 6.92 Å². The average Bonchev–Trinajstić information content (AvgIpc) is 2.57. The van der Waals surface area contributed by atoms with Gasteiger partial charge in [-0.2, -0.15) is 13.2 Å². The number of hydrogen-bond acceptors (Lipinski definition) is 3. The number of aromatic nitrogens is 1. The van der Waals surface area contributed by atoms with Crippen LogP contribution in [0.25, 0.3) is 0 Å². The van der Waals surface area contributed by atoms with Crippen molar-refractivity contribution in [2.75, 3.05) is 5.73 Å². The quantitative estimate of drug-likeness (QED) is 0.906. The van der Waals surface area contributed by atoms with E-state index in [1.165, 1.54) is 23.5 Å². The van der Waals surface area contributed by atoms with Crippen LogP contribution in [0.15, 0.2) is 24.3 Å². The lowest BCUT2D eigenvalue weighted by Gasteiger charge is -2.07. The van der Waals surface area contributed by atoms with E-state index < -0.39 is 11.7 Å². The average molecular weight is 272 g/mol. The predicted molar refractivity (Wildman–Crippen MR) is 65.5 cm³/mol. The Morgan fingerprint density at radius 3 is 2.28 bits per heavy atom. The van der Waals surface area contributed by atoms with Crippen molar-refractivity contribution >= 4 is 16.5 Å². The Kier molecular flexibility index (Phi) is 3.30. The first-order valence-corrected chi connectivity index (χ1v) is 6.06. The third-order valence-electron chi connectivity index (χ3n) is 2.56. The maximum atomic E-state index is 12.4. The van der Waals surface area contributed by atoms with Gasteiger partial charge in [-0.25, -0.2) is 4.98 Å². The number of alkyl halides is 3. The van der Waals surface area contributed by atoms with Gasteiger partial charge in [-0.15, -0.1) is 11.3 Å². The minimum absolute atomic E-state index is 0.481. The molecule has 0 saturated heterocycles. The second-order valence-electron chi connectivity index (χ2n) is 3.93. The smallest absolute Gasteiger partial charge is 0.375 e. The van der Waals surface area contributed by atoms with Crippen LogP contribution < -0.4 is 5.73 Å². The summed E-state index contributed by atoms with van der Waals surface area (Å²) >= 11 is 1.36. The van der Waals surface area contributed by atoms with Crippen LogP contribution >= 0.6 is 11.3 Å². The molecule has 0 aliphatic carbocycles. The molecule has 2 rings (SSSR count). The summed E-state index contributed by atoms with van der Waals surface area (Å²) in [5.41, 5.74) is 6.59. The molecule has 2 N–H and O–H groups in total. The number of benzene rings is 1. The van der Waals surface area contributed by atoms with E-state index >= 15 is 0 Å². The van der Waals surface area contributed by atoms with Crippen molar-refractivity contribution in [3.8, 4) is 0 Å². The first-order valence-electron chi connectivity index (χ1n) is 5.24. The number of halogens is 3. The van der Waals surface area contributed by atoms with Gasteiger partial charge < -0.3 is 5.73 Å². The molecule has 0 atom stereocenters. The Labute approximate surface area is 106 Å². The fourth-order valence-corrected chi connectivity index (χ4v) is 2.48. The SMILES string of the molecule is Cc1nc(N)sc1Cc1ccc(C(F)(F)F)cc1. The van der Waals surface area contributed by atoms with Gasteiger partial charge in [-0.1, -0.05) is 12.1 Å². The van der Waals surface area contributed by atoms with Gasteiger partial charge in [0, 0.05) is 11.3 Å². The summed E-state index contributed by atoms with van der Waals surface area (Å²) < 4.78 is 37.2. The van der Waals surface area contributed by atoms with E-state index in [9.17, 15) is 13.2 Å². The zero-order chi connectivity index (χ0) is 13.3. The summed E-state index contributed by atoms with van der Waals surface area (Å²) in [6.07, 6.45) is -3.73. The van der Waals surface area contributed by atoms with Crippen LogP contribution in [0.3, 0.4) is 0 Å². The van der Waals surface area contributed by atoms with Crippen LogP contribution in [-0.2, 0) is 12.6 Å². The Balaban J connectivity index is 2.18. The second kappa shape index (κ2) is 4.61. The van der Waals surface area contributed by atoms with Crippen molar-refractivity contribution in [3.05, 3.63) is 46.0 Å². The summed E-state index contributed by atoms with van der Waals surface area (Å²) in [4.78, 5) is 5.06. The van der Waals surface area contributed by atoms with Crippen LogP contribution in [-0.4, -0.2) is 4.98 Å². The molecule has 0 unspecified atom stereocenters. The van der Waals surface area contributed by atoms with Gasteiger partial charge in [-0.3, -0.25) is 0 Å². The van der Waals surface area contributed by atoms with Gasteiger partial charge in [0.1, 0.15) is 0 Å². The number of anilines is 1. The summed E-state index contributed by atoms with van der Waals surface area (Å²) in [5.74, 6) is 0. The maximum Gasteiger partial charge on any atom is 0.416 e. The lowest BCUT2D eigenvalue weighted by atomic mass is 10.1. The monoisotopic (exact) mass is 272 g/mol. The summed E-state index contributed by atoms with van der Waals surface area (Å²) in [6.45, 7) is 1.84. The van der Waals surface area contributed by atoms with Gasteiger partial charge in [0.15, 0.2) is 5.13 Å². The molecule has 0 bridgehead atoms. The normalized spacial score (nSPS) is 11.8. The third kappa shape index (κ3) is 2.81. The molecule has 0 fully saturated rings. The van der Waals surface area contributed by atoms with E-state index in [2.05, 4.69) is 4.98 Å². The predicted octanol–water partition coefficient (Wildman–Crippen LogP) is 3.64. The largest absolute Gasteiger partial charge is 0.416 e. The highest BCUT2D eigenvalue weighted by atomic mass is 32.1. The summed E-state index contributed by atoms with van der Waals surface area (Å²) in [6, 6.07) is 5.15. The Morgan fingerprint density at radius 2 is 1.83 bits per heavy atom. The molecule has 0 radical (unpaired) electrons. The van der Waals surface area contributed by atoms with E-state index in [1.807, 2.05) is 6.92 Å². The number of aryl methyl sites for hydroxylation is 1. The first-order chi connectivity index (χ1) is 8.36. The fourth-order valence-electron chi connectivity index (χ4n) is 1.61. The fraction of sp³-hybridized carbons (Fsp3) is 0.250. The van der Waals surface area contributed by atoms with E-state index in [1.54, 1.807) is 0 Å². The summed E-state index contributed by atoms with van der Waals surface area (Å²) in [5, 5.41) is 0.481. The van der Waals surface area contributed by atoms with Crippen molar-refractivity contribution in [1.82, 2.24) is 4.98 Å². The van der Waals surface area contributed by atoms with Crippen LogP contribution in [0.2, 0.25) is 0 Å². The molecule has 18 heavy (non-hydrogen) atoms. The molecular formula is C12H11F3N2S. The van der Waals surface area contributed by atoms with Crippen LogP contribution in [0.5, 0.6) is 0 Å². The second-order valence-corrected chi connectivity index (χ2v) is 5.05. The molecule has 0 amide bonds. The van der Waals surface area contributed by atoms with Crippen molar-refractivity contribution in [1.29, 1.82) is 0 Å². The first kappa shape index (κ1) is 12.9. The van der Waals surface area contributed by atoms with E-state index in [0.717, 1.165) is 28.3 Å². The van der Waals surface area contributed by atoms with Gasteiger partial charge in [0.25, 0.3) is 0 Å². The zero-order valence-electron chi connectivity index (χ0n) is 9.58.